The van der Waals surface area contributed by atoms with Gasteiger partial charge >= 0.3 is 6.03 Å². The molecule has 1 aromatic rings. The summed E-state index contributed by atoms with van der Waals surface area (Å²) in [4.78, 5) is 37.7. The highest BCUT2D eigenvalue weighted by molar-refractivity contribution is 6.31. The molecule has 3 atom stereocenters. The highest BCUT2D eigenvalue weighted by Crippen LogP contribution is 2.50. The molecule has 1 saturated carbocycles. The Morgan fingerprint density at radius 1 is 1.30 bits per heavy atom. The zero-order valence-electron chi connectivity index (χ0n) is 12.3. The van der Waals surface area contributed by atoms with Gasteiger partial charge in [0.05, 0.1) is 6.54 Å². The first-order valence-corrected chi connectivity index (χ1v) is 8.05. The Kier molecular flexibility index (Phi) is 3.13. The maximum atomic E-state index is 12.7. The summed E-state index contributed by atoms with van der Waals surface area (Å²) < 4.78 is 0. The van der Waals surface area contributed by atoms with Gasteiger partial charge in [0.1, 0.15) is 5.54 Å². The van der Waals surface area contributed by atoms with E-state index in [1.165, 1.54) is 0 Å². The van der Waals surface area contributed by atoms with Crippen molar-refractivity contribution >= 4 is 29.4 Å². The zero-order valence-corrected chi connectivity index (χ0v) is 13.1. The van der Waals surface area contributed by atoms with Gasteiger partial charge in [0, 0.05) is 17.5 Å². The van der Waals surface area contributed by atoms with E-state index in [0.717, 1.165) is 12.0 Å². The van der Waals surface area contributed by atoms with Gasteiger partial charge in [-0.1, -0.05) is 29.8 Å². The lowest BCUT2D eigenvalue weighted by Gasteiger charge is -2.21. The minimum atomic E-state index is -0.943. The fourth-order valence-corrected chi connectivity index (χ4v) is 3.91. The van der Waals surface area contributed by atoms with Crippen molar-refractivity contribution in [3.05, 3.63) is 34.9 Å². The Hall–Kier alpha value is -2.08. The molecule has 7 heteroatoms. The van der Waals surface area contributed by atoms with E-state index in [-0.39, 0.29) is 30.2 Å². The van der Waals surface area contributed by atoms with E-state index in [2.05, 4.69) is 10.6 Å². The fraction of sp³-hybridized carbons (Fsp3) is 0.438. The van der Waals surface area contributed by atoms with Gasteiger partial charge < -0.3 is 10.2 Å². The standard InChI is InChI=1S/C16H16ClN3O3/c17-12-4-2-1-3-9(12)10-7-11(10)13(21)20-6-5-16(8-20)14(22)18-15(23)19-16/h1-4,10-11H,5-8H2,(H2,18,19,22,23). The second-order valence-electron chi connectivity index (χ2n) is 6.47. The summed E-state index contributed by atoms with van der Waals surface area (Å²) in [6.45, 7) is 0.730. The highest BCUT2D eigenvalue weighted by Gasteiger charge is 2.54. The quantitative estimate of drug-likeness (QED) is 0.800. The average Bonchev–Trinajstić information content (AvgIpc) is 3.11. The number of imide groups is 1. The van der Waals surface area contributed by atoms with E-state index >= 15 is 0 Å². The summed E-state index contributed by atoms with van der Waals surface area (Å²) >= 11 is 6.20. The Bertz CT molecular complexity index is 722. The summed E-state index contributed by atoms with van der Waals surface area (Å²) in [5.74, 6) is -0.220. The van der Waals surface area contributed by atoms with Crippen LogP contribution in [0.15, 0.2) is 24.3 Å². The topological polar surface area (TPSA) is 78.5 Å². The van der Waals surface area contributed by atoms with Crippen molar-refractivity contribution in [2.45, 2.75) is 24.3 Å². The van der Waals surface area contributed by atoms with Crippen LogP contribution in [-0.2, 0) is 9.59 Å². The molecule has 0 bridgehead atoms. The van der Waals surface area contributed by atoms with Gasteiger partial charge in [0.15, 0.2) is 0 Å². The number of urea groups is 1. The molecule has 4 amide bonds. The number of carbonyl (C=O) groups excluding carboxylic acids is 3. The van der Waals surface area contributed by atoms with E-state index in [4.69, 9.17) is 11.6 Å². The van der Waals surface area contributed by atoms with Crippen molar-refractivity contribution < 1.29 is 14.4 Å². The molecule has 3 aliphatic rings. The van der Waals surface area contributed by atoms with Gasteiger partial charge in [0.25, 0.3) is 5.91 Å². The third-order valence-electron chi connectivity index (χ3n) is 5.01. The monoisotopic (exact) mass is 333 g/mol. The first-order valence-electron chi connectivity index (χ1n) is 7.67. The molecule has 2 saturated heterocycles. The molecule has 0 radical (unpaired) electrons. The molecule has 6 nitrogen and oxygen atoms in total. The number of carbonyl (C=O) groups is 3. The Morgan fingerprint density at radius 2 is 2.09 bits per heavy atom. The Balaban J connectivity index is 1.45. The number of nitrogens with one attached hydrogen (secondary N) is 2. The van der Waals surface area contributed by atoms with Crippen LogP contribution in [-0.4, -0.2) is 41.4 Å². The number of benzene rings is 1. The Labute approximate surface area is 138 Å². The first-order chi connectivity index (χ1) is 11.0. The molecule has 3 unspecified atom stereocenters. The number of nitrogens with zero attached hydrogens (tertiary/aromatic N) is 1. The number of amides is 4. The fourth-order valence-electron chi connectivity index (χ4n) is 3.64. The molecular weight excluding hydrogens is 318 g/mol. The lowest BCUT2D eigenvalue weighted by Crippen LogP contribution is -2.49. The molecule has 4 rings (SSSR count). The van der Waals surface area contributed by atoms with Gasteiger partial charge in [0.2, 0.25) is 5.91 Å². The van der Waals surface area contributed by atoms with Gasteiger partial charge in [-0.3, -0.25) is 14.9 Å². The molecule has 0 aromatic heterocycles. The molecule has 1 aromatic carbocycles. The minimum Gasteiger partial charge on any atom is -0.339 e. The summed E-state index contributed by atoms with van der Waals surface area (Å²) in [5, 5.41) is 5.60. The van der Waals surface area contributed by atoms with Crippen molar-refractivity contribution in [1.82, 2.24) is 15.5 Å². The molecule has 2 aliphatic heterocycles. The average molecular weight is 334 g/mol. The smallest absolute Gasteiger partial charge is 0.322 e. The van der Waals surface area contributed by atoms with Gasteiger partial charge in [-0.2, -0.15) is 0 Å². The highest BCUT2D eigenvalue weighted by atomic mass is 35.5. The van der Waals surface area contributed by atoms with Crippen LogP contribution in [0.1, 0.15) is 24.3 Å². The zero-order chi connectivity index (χ0) is 16.2. The van der Waals surface area contributed by atoms with Crippen molar-refractivity contribution in [1.29, 1.82) is 0 Å². The van der Waals surface area contributed by atoms with Crippen molar-refractivity contribution in [3.63, 3.8) is 0 Å². The van der Waals surface area contributed by atoms with E-state index in [9.17, 15) is 14.4 Å². The van der Waals surface area contributed by atoms with Crippen LogP contribution < -0.4 is 10.6 Å². The predicted molar refractivity (Wildman–Crippen MR) is 82.9 cm³/mol. The molecule has 120 valence electrons. The van der Waals surface area contributed by atoms with Gasteiger partial charge in [-0.25, -0.2) is 4.79 Å². The van der Waals surface area contributed by atoms with Gasteiger partial charge in [-0.05, 0) is 30.4 Å². The van der Waals surface area contributed by atoms with E-state index in [1.54, 1.807) is 4.90 Å². The molecule has 2 N–H and O–H groups in total. The van der Waals surface area contributed by atoms with E-state index in [1.807, 2.05) is 24.3 Å². The minimum absolute atomic E-state index is 0.0424. The SMILES string of the molecule is O=C1NC(=O)C2(CCN(C(=O)C3CC3c3ccccc3Cl)C2)N1. The van der Waals surface area contributed by atoms with E-state index < -0.39 is 11.6 Å². The molecule has 23 heavy (non-hydrogen) atoms. The Morgan fingerprint density at radius 3 is 2.78 bits per heavy atom. The summed E-state index contributed by atoms with van der Waals surface area (Å²) in [7, 11) is 0. The third kappa shape index (κ3) is 2.28. The predicted octanol–water partition coefficient (Wildman–Crippen LogP) is 1.25. The largest absolute Gasteiger partial charge is 0.339 e. The molecule has 2 heterocycles. The second-order valence-corrected chi connectivity index (χ2v) is 6.88. The molecule has 3 fully saturated rings. The normalized spacial score (nSPS) is 32.1. The van der Waals surface area contributed by atoms with Crippen LogP contribution in [0.3, 0.4) is 0 Å². The summed E-state index contributed by atoms with van der Waals surface area (Å²) in [6.07, 6.45) is 1.24. The van der Waals surface area contributed by atoms with Gasteiger partial charge in [-0.15, -0.1) is 0 Å². The molecule has 1 spiro atoms. The van der Waals surface area contributed by atoms with Crippen LogP contribution in [0.2, 0.25) is 5.02 Å². The van der Waals surface area contributed by atoms with Crippen LogP contribution in [0.5, 0.6) is 0 Å². The number of rotatable bonds is 2. The maximum Gasteiger partial charge on any atom is 0.322 e. The molecular formula is C16H16ClN3O3. The third-order valence-corrected chi connectivity index (χ3v) is 5.35. The lowest BCUT2D eigenvalue weighted by molar-refractivity contribution is -0.132. The van der Waals surface area contributed by atoms with Crippen LogP contribution >= 0.6 is 11.6 Å². The van der Waals surface area contributed by atoms with Crippen LogP contribution in [0.4, 0.5) is 4.79 Å². The maximum absolute atomic E-state index is 12.7. The number of hydrogen-bond acceptors (Lipinski definition) is 3. The van der Waals surface area contributed by atoms with Crippen molar-refractivity contribution in [2.24, 2.45) is 5.92 Å². The number of likely N-dealkylation sites (tertiary alicyclic amines) is 1. The van der Waals surface area contributed by atoms with Crippen molar-refractivity contribution in [2.75, 3.05) is 13.1 Å². The number of halogens is 1. The summed E-state index contributed by atoms with van der Waals surface area (Å²) in [5.41, 5.74) is 0.0648. The van der Waals surface area contributed by atoms with Crippen LogP contribution in [0, 0.1) is 5.92 Å². The summed E-state index contributed by atoms with van der Waals surface area (Å²) in [6, 6.07) is 7.10. The number of hydrogen-bond donors (Lipinski definition) is 2. The van der Waals surface area contributed by atoms with Crippen LogP contribution in [0.25, 0.3) is 0 Å². The van der Waals surface area contributed by atoms with E-state index in [0.29, 0.717) is 18.0 Å². The molecule has 1 aliphatic carbocycles. The van der Waals surface area contributed by atoms with Crippen molar-refractivity contribution in [3.8, 4) is 0 Å². The first kappa shape index (κ1) is 14.5. The lowest BCUT2D eigenvalue weighted by atomic mass is 9.99. The second kappa shape index (κ2) is 4.96.